The van der Waals surface area contributed by atoms with Gasteiger partial charge in [0.25, 0.3) is 0 Å². The highest BCUT2D eigenvalue weighted by Gasteiger charge is 2.45. The average Bonchev–Trinajstić information content (AvgIpc) is 2.49. The average molecular weight is 277 g/mol. The molecule has 0 amide bonds. The van der Waals surface area contributed by atoms with E-state index in [1.165, 1.54) is 0 Å². The zero-order chi connectivity index (χ0) is 14.1. The molecular weight excluding hydrogens is 254 g/mol. The molecule has 4 nitrogen and oxygen atoms in total. The summed E-state index contributed by atoms with van der Waals surface area (Å²) >= 11 is 0. The Balaban J connectivity index is 1.79. The van der Waals surface area contributed by atoms with Gasteiger partial charge in [-0.15, -0.1) is 0 Å². The lowest BCUT2D eigenvalue weighted by Gasteiger charge is -2.47. The highest BCUT2D eigenvalue weighted by Crippen LogP contribution is 2.44. The lowest BCUT2D eigenvalue weighted by molar-refractivity contribution is -0.174. The predicted molar refractivity (Wildman–Crippen MR) is 75.3 cm³/mol. The number of rotatable bonds is 2. The van der Waals surface area contributed by atoms with Crippen LogP contribution in [0.3, 0.4) is 0 Å². The number of hydrogen-bond acceptors (Lipinski definition) is 4. The lowest BCUT2D eigenvalue weighted by Crippen LogP contribution is -2.48. The number of pyridine rings is 1. The third-order valence-electron chi connectivity index (χ3n) is 4.94. The van der Waals surface area contributed by atoms with E-state index in [0.29, 0.717) is 0 Å². The van der Waals surface area contributed by atoms with Crippen molar-refractivity contribution < 1.29 is 14.6 Å². The molecule has 2 fully saturated rings. The molecule has 3 rings (SSSR count). The van der Waals surface area contributed by atoms with Crippen molar-refractivity contribution in [3.05, 3.63) is 30.1 Å². The summed E-state index contributed by atoms with van der Waals surface area (Å²) in [5.74, 6) is 0.207. The minimum Gasteiger partial charge on any atom is -0.385 e. The van der Waals surface area contributed by atoms with Crippen molar-refractivity contribution in [2.45, 2.75) is 43.8 Å². The van der Waals surface area contributed by atoms with Gasteiger partial charge in [0.2, 0.25) is 0 Å². The van der Waals surface area contributed by atoms with Crippen LogP contribution in [0.4, 0.5) is 0 Å². The summed E-state index contributed by atoms with van der Waals surface area (Å²) in [7, 11) is 0. The van der Waals surface area contributed by atoms with E-state index in [0.717, 1.165) is 51.1 Å². The zero-order valence-electron chi connectivity index (χ0n) is 12.0. The number of aliphatic hydroxyl groups is 1. The zero-order valence-corrected chi connectivity index (χ0v) is 12.0. The van der Waals surface area contributed by atoms with Gasteiger partial charge in [0, 0.05) is 37.8 Å². The van der Waals surface area contributed by atoms with Crippen molar-refractivity contribution in [2.75, 3.05) is 19.8 Å². The molecule has 4 heteroatoms. The molecule has 2 unspecified atom stereocenters. The first-order valence-electron chi connectivity index (χ1n) is 7.47. The summed E-state index contributed by atoms with van der Waals surface area (Å²) in [6.45, 7) is 4.16. The van der Waals surface area contributed by atoms with E-state index in [9.17, 15) is 5.11 Å². The molecule has 1 N–H and O–H groups in total. The molecule has 20 heavy (non-hydrogen) atoms. The number of hydrogen-bond donors (Lipinski definition) is 1. The van der Waals surface area contributed by atoms with Gasteiger partial charge in [-0.3, -0.25) is 4.98 Å². The van der Waals surface area contributed by atoms with Crippen molar-refractivity contribution in [2.24, 2.45) is 5.92 Å². The van der Waals surface area contributed by atoms with E-state index < -0.39 is 5.60 Å². The fraction of sp³-hybridized carbons (Fsp3) is 0.688. The van der Waals surface area contributed by atoms with Gasteiger partial charge in [0.15, 0.2) is 0 Å². The third-order valence-corrected chi connectivity index (χ3v) is 4.94. The Hall–Kier alpha value is -0.970. The molecule has 1 spiro atoms. The standard InChI is InChI=1S/C16H23NO3/c1-15(18,14-3-2-7-17-12-14)13-4-8-20-16(11-13)5-9-19-10-6-16/h2-3,7,12-13,18H,4-6,8-11H2,1H3. The third kappa shape index (κ3) is 2.60. The largest absolute Gasteiger partial charge is 0.385 e. The summed E-state index contributed by atoms with van der Waals surface area (Å²) in [5.41, 5.74) is -0.0365. The van der Waals surface area contributed by atoms with Crippen LogP contribution in [0.15, 0.2) is 24.5 Å². The molecule has 1 aromatic rings. The van der Waals surface area contributed by atoms with Crippen molar-refractivity contribution in [1.29, 1.82) is 0 Å². The molecule has 1 aromatic heterocycles. The van der Waals surface area contributed by atoms with Gasteiger partial charge in [0.05, 0.1) is 11.2 Å². The predicted octanol–water partition coefficient (Wildman–Crippen LogP) is 2.26. The van der Waals surface area contributed by atoms with E-state index in [1.54, 1.807) is 12.4 Å². The maximum atomic E-state index is 11.0. The van der Waals surface area contributed by atoms with E-state index in [4.69, 9.17) is 9.47 Å². The Bertz CT molecular complexity index is 435. The summed E-state index contributed by atoms with van der Waals surface area (Å²) in [6, 6.07) is 3.84. The first-order valence-corrected chi connectivity index (χ1v) is 7.47. The van der Waals surface area contributed by atoms with Gasteiger partial charge in [-0.1, -0.05) is 6.07 Å². The van der Waals surface area contributed by atoms with Crippen LogP contribution in [-0.2, 0) is 15.1 Å². The Morgan fingerprint density at radius 1 is 1.35 bits per heavy atom. The smallest absolute Gasteiger partial charge is 0.0913 e. The highest BCUT2D eigenvalue weighted by atomic mass is 16.5. The molecule has 0 aliphatic carbocycles. The molecule has 2 aliphatic rings. The van der Waals surface area contributed by atoms with E-state index >= 15 is 0 Å². The molecule has 110 valence electrons. The Morgan fingerprint density at radius 3 is 2.85 bits per heavy atom. The molecule has 0 aromatic carbocycles. The van der Waals surface area contributed by atoms with Crippen LogP contribution in [0.2, 0.25) is 0 Å². The second kappa shape index (κ2) is 5.43. The Kier molecular flexibility index (Phi) is 3.80. The maximum Gasteiger partial charge on any atom is 0.0913 e. The Morgan fingerprint density at radius 2 is 2.15 bits per heavy atom. The van der Waals surface area contributed by atoms with Crippen LogP contribution >= 0.6 is 0 Å². The second-order valence-electron chi connectivity index (χ2n) is 6.22. The van der Waals surface area contributed by atoms with E-state index in [2.05, 4.69) is 4.98 Å². The van der Waals surface area contributed by atoms with Crippen LogP contribution in [0, 0.1) is 5.92 Å². The maximum absolute atomic E-state index is 11.0. The number of ether oxygens (including phenoxy) is 2. The van der Waals surface area contributed by atoms with Gasteiger partial charge >= 0.3 is 0 Å². The van der Waals surface area contributed by atoms with Gasteiger partial charge in [-0.2, -0.15) is 0 Å². The molecular formula is C16H23NO3. The lowest BCUT2D eigenvalue weighted by atomic mass is 9.72. The fourth-order valence-corrected chi connectivity index (χ4v) is 3.50. The monoisotopic (exact) mass is 277 g/mol. The van der Waals surface area contributed by atoms with Crippen molar-refractivity contribution >= 4 is 0 Å². The van der Waals surface area contributed by atoms with E-state index in [-0.39, 0.29) is 11.5 Å². The second-order valence-corrected chi connectivity index (χ2v) is 6.22. The minimum atomic E-state index is -0.844. The van der Waals surface area contributed by atoms with Gasteiger partial charge in [-0.05, 0) is 44.6 Å². The molecule has 0 radical (unpaired) electrons. The topological polar surface area (TPSA) is 51.6 Å². The molecule has 2 atom stereocenters. The first-order chi connectivity index (χ1) is 9.62. The van der Waals surface area contributed by atoms with Crippen LogP contribution in [0.1, 0.15) is 38.2 Å². The molecule has 3 heterocycles. The van der Waals surface area contributed by atoms with Crippen LogP contribution < -0.4 is 0 Å². The van der Waals surface area contributed by atoms with Crippen molar-refractivity contribution in [1.82, 2.24) is 4.98 Å². The van der Waals surface area contributed by atoms with Gasteiger partial charge < -0.3 is 14.6 Å². The number of aromatic nitrogens is 1. The molecule has 0 bridgehead atoms. The highest BCUT2D eigenvalue weighted by molar-refractivity contribution is 5.19. The molecule has 0 saturated carbocycles. The van der Waals surface area contributed by atoms with Gasteiger partial charge in [0.1, 0.15) is 0 Å². The normalized spacial score (nSPS) is 29.0. The van der Waals surface area contributed by atoms with Crippen molar-refractivity contribution in [3.8, 4) is 0 Å². The van der Waals surface area contributed by atoms with Crippen LogP contribution in [0.25, 0.3) is 0 Å². The molecule has 2 saturated heterocycles. The molecule has 2 aliphatic heterocycles. The quantitative estimate of drug-likeness (QED) is 0.901. The summed E-state index contributed by atoms with van der Waals surface area (Å²) < 4.78 is 11.5. The summed E-state index contributed by atoms with van der Waals surface area (Å²) in [6.07, 6.45) is 7.18. The fourth-order valence-electron chi connectivity index (χ4n) is 3.50. The van der Waals surface area contributed by atoms with Crippen LogP contribution in [-0.4, -0.2) is 35.5 Å². The van der Waals surface area contributed by atoms with Gasteiger partial charge in [-0.25, -0.2) is 0 Å². The minimum absolute atomic E-state index is 0.0899. The van der Waals surface area contributed by atoms with Crippen molar-refractivity contribution in [3.63, 3.8) is 0 Å². The first kappa shape index (κ1) is 14.0. The van der Waals surface area contributed by atoms with Crippen LogP contribution in [0.5, 0.6) is 0 Å². The van der Waals surface area contributed by atoms with E-state index in [1.807, 2.05) is 19.1 Å². The summed E-state index contributed by atoms with van der Waals surface area (Å²) in [5, 5.41) is 11.0. The summed E-state index contributed by atoms with van der Waals surface area (Å²) in [4.78, 5) is 4.14. The Labute approximate surface area is 120 Å². The number of nitrogens with zero attached hydrogens (tertiary/aromatic N) is 1. The SMILES string of the molecule is CC(O)(c1cccnc1)C1CCOC2(CCOCC2)C1.